The Hall–Kier alpha value is -3.36. The Morgan fingerprint density at radius 3 is 2.59 bits per heavy atom. The third kappa shape index (κ3) is 2.46. The molecule has 1 saturated heterocycles. The summed E-state index contributed by atoms with van der Waals surface area (Å²) in [6, 6.07) is 7.14. The van der Waals surface area contributed by atoms with Crippen LogP contribution in [-0.2, 0) is 16.1 Å². The van der Waals surface area contributed by atoms with Gasteiger partial charge in [-0.05, 0) is 30.7 Å². The van der Waals surface area contributed by atoms with Crippen LogP contribution in [0.4, 0.5) is 0 Å². The zero-order valence-electron chi connectivity index (χ0n) is 15.4. The van der Waals surface area contributed by atoms with Gasteiger partial charge in [0.2, 0.25) is 5.78 Å². The zero-order chi connectivity index (χ0) is 20.5. The van der Waals surface area contributed by atoms with E-state index in [1.165, 1.54) is 30.3 Å². The first-order valence-corrected chi connectivity index (χ1v) is 9.06. The van der Waals surface area contributed by atoms with E-state index in [1.807, 2.05) is 0 Å². The Labute approximate surface area is 165 Å². The Morgan fingerprint density at radius 2 is 1.86 bits per heavy atom. The minimum Gasteiger partial charge on any atom is -0.507 e. The first kappa shape index (κ1) is 17.7. The Morgan fingerprint density at radius 1 is 1.10 bits per heavy atom. The summed E-state index contributed by atoms with van der Waals surface area (Å²) in [6.45, 7) is 1.72. The Balaban J connectivity index is 1.42. The van der Waals surface area contributed by atoms with E-state index in [2.05, 4.69) is 5.32 Å². The molecule has 29 heavy (non-hydrogen) atoms. The van der Waals surface area contributed by atoms with Crippen LogP contribution in [0.5, 0.6) is 11.5 Å². The molecule has 8 heteroatoms. The molecular formula is C21H17NO7. The normalized spacial score (nSPS) is 24.5. The summed E-state index contributed by atoms with van der Waals surface area (Å²) in [5, 5.41) is 33.2. The van der Waals surface area contributed by atoms with Gasteiger partial charge in [0.05, 0.1) is 23.4 Å². The van der Waals surface area contributed by atoms with Gasteiger partial charge in [0.1, 0.15) is 11.5 Å². The lowest BCUT2D eigenvalue weighted by Gasteiger charge is -2.48. The molecule has 148 valence electrons. The molecule has 1 aliphatic carbocycles. The smallest absolute Gasteiger partial charge is 0.201 e. The maximum atomic E-state index is 12.9. The number of carbonyl (C=O) groups is 2. The molecule has 2 atom stereocenters. The third-order valence-corrected chi connectivity index (χ3v) is 5.46. The fourth-order valence-electron chi connectivity index (χ4n) is 4.04. The van der Waals surface area contributed by atoms with Crippen LogP contribution in [0, 0.1) is 0 Å². The van der Waals surface area contributed by atoms with Gasteiger partial charge in [-0.25, -0.2) is 0 Å². The van der Waals surface area contributed by atoms with Gasteiger partial charge in [-0.15, -0.1) is 0 Å². The molecule has 4 N–H and O–H groups in total. The maximum absolute atomic E-state index is 12.9. The molecule has 0 spiro atoms. The highest BCUT2D eigenvalue weighted by molar-refractivity contribution is 6.30. The number of fused-ring (bicyclic) bond motifs is 4. The van der Waals surface area contributed by atoms with Gasteiger partial charge in [0, 0.05) is 17.5 Å². The second kappa shape index (κ2) is 5.82. The van der Waals surface area contributed by atoms with E-state index < -0.39 is 23.6 Å². The SMILES string of the molecule is CC12NC(=C1O)CC(OCc1cc(O)c3c(c1)C(=O)c1cccc(O)c1C3=O)O2. The van der Waals surface area contributed by atoms with Crippen molar-refractivity contribution in [2.24, 2.45) is 0 Å². The molecule has 1 fully saturated rings. The first-order chi connectivity index (χ1) is 13.8. The van der Waals surface area contributed by atoms with Crippen LogP contribution >= 0.6 is 0 Å². The van der Waals surface area contributed by atoms with Crippen LogP contribution in [-0.4, -0.2) is 38.9 Å². The molecule has 2 aromatic carbocycles. The maximum Gasteiger partial charge on any atom is 0.201 e. The number of phenolic OH excluding ortho intramolecular Hbond substituents is 2. The Kier molecular flexibility index (Phi) is 3.56. The summed E-state index contributed by atoms with van der Waals surface area (Å²) in [4.78, 5) is 25.6. The van der Waals surface area contributed by atoms with Crippen molar-refractivity contribution >= 4 is 11.6 Å². The molecular weight excluding hydrogens is 378 g/mol. The fraction of sp³-hybridized carbons (Fsp3) is 0.238. The minimum atomic E-state index is -0.954. The first-order valence-electron chi connectivity index (χ1n) is 9.06. The molecule has 2 aromatic rings. The summed E-state index contributed by atoms with van der Waals surface area (Å²) in [5.74, 6) is -1.55. The van der Waals surface area contributed by atoms with Crippen LogP contribution in [0.15, 0.2) is 41.8 Å². The lowest BCUT2D eigenvalue weighted by atomic mass is 9.82. The summed E-state index contributed by atoms with van der Waals surface area (Å²) in [7, 11) is 0. The fourth-order valence-corrected chi connectivity index (χ4v) is 4.04. The lowest BCUT2D eigenvalue weighted by Crippen LogP contribution is -2.62. The number of carbonyl (C=O) groups excluding carboxylic acids is 2. The van der Waals surface area contributed by atoms with Crippen molar-refractivity contribution in [1.29, 1.82) is 0 Å². The number of aliphatic hydroxyl groups excluding tert-OH is 1. The number of hydrogen-bond donors (Lipinski definition) is 4. The van der Waals surface area contributed by atoms with Crippen LogP contribution in [0.1, 0.15) is 50.8 Å². The second-order valence-electron chi connectivity index (χ2n) is 7.44. The zero-order valence-corrected chi connectivity index (χ0v) is 15.4. The Bertz CT molecular complexity index is 1140. The number of rotatable bonds is 3. The molecule has 4 aliphatic rings. The molecule has 0 amide bonds. The summed E-state index contributed by atoms with van der Waals surface area (Å²) >= 11 is 0. The van der Waals surface area contributed by atoms with Crippen LogP contribution in [0.3, 0.4) is 0 Å². The van der Waals surface area contributed by atoms with E-state index in [0.29, 0.717) is 17.7 Å². The van der Waals surface area contributed by atoms with Crippen molar-refractivity contribution in [2.45, 2.75) is 32.0 Å². The number of phenols is 2. The van der Waals surface area contributed by atoms with Crippen LogP contribution < -0.4 is 5.32 Å². The minimum absolute atomic E-state index is 0.0317. The predicted octanol–water partition coefficient (Wildman–Crippen LogP) is 2.23. The number of hydrogen-bond acceptors (Lipinski definition) is 8. The molecule has 3 heterocycles. The van der Waals surface area contributed by atoms with Gasteiger partial charge in [-0.2, -0.15) is 0 Å². The summed E-state index contributed by atoms with van der Waals surface area (Å²) in [5.41, 5.74) is 0.122. The van der Waals surface area contributed by atoms with E-state index in [4.69, 9.17) is 9.47 Å². The van der Waals surface area contributed by atoms with Crippen molar-refractivity contribution in [3.05, 3.63) is 69.6 Å². The van der Waals surface area contributed by atoms with Crippen molar-refractivity contribution in [1.82, 2.24) is 5.32 Å². The largest absolute Gasteiger partial charge is 0.507 e. The van der Waals surface area contributed by atoms with Crippen LogP contribution in [0.2, 0.25) is 0 Å². The van der Waals surface area contributed by atoms with Gasteiger partial charge in [0.15, 0.2) is 23.6 Å². The molecule has 0 aromatic heterocycles. The molecule has 0 saturated carbocycles. The molecule has 2 unspecified atom stereocenters. The summed E-state index contributed by atoms with van der Waals surface area (Å²) in [6.07, 6.45) is -0.247. The molecule has 3 aliphatic heterocycles. The number of ketones is 2. The average Bonchev–Trinajstić information content (AvgIpc) is 2.69. The molecule has 8 nitrogen and oxygen atoms in total. The van der Waals surface area contributed by atoms with Crippen molar-refractivity contribution < 1.29 is 34.4 Å². The van der Waals surface area contributed by atoms with E-state index >= 15 is 0 Å². The number of aliphatic hydroxyl groups is 1. The van der Waals surface area contributed by atoms with Crippen molar-refractivity contribution in [2.75, 3.05) is 0 Å². The van der Waals surface area contributed by atoms with Crippen LogP contribution in [0.25, 0.3) is 0 Å². The third-order valence-electron chi connectivity index (χ3n) is 5.46. The topological polar surface area (TPSA) is 125 Å². The monoisotopic (exact) mass is 395 g/mol. The average molecular weight is 395 g/mol. The highest BCUT2D eigenvalue weighted by atomic mass is 16.7. The van der Waals surface area contributed by atoms with E-state index in [-0.39, 0.29) is 46.1 Å². The highest BCUT2D eigenvalue weighted by Gasteiger charge is 2.49. The summed E-state index contributed by atoms with van der Waals surface area (Å²) < 4.78 is 11.4. The molecule has 2 bridgehead atoms. The quantitative estimate of drug-likeness (QED) is 0.532. The van der Waals surface area contributed by atoms with Gasteiger partial charge in [-0.1, -0.05) is 12.1 Å². The standard InChI is InChI=1S/C21H17NO7/c1-21-20(27)12(22-21)7-15(29-21)28-8-9-5-11-17(14(24)6-9)19(26)16-10(18(11)25)3-2-4-13(16)23/h2-6,15,22-24,27H,7-8H2,1H3. The van der Waals surface area contributed by atoms with Gasteiger partial charge < -0.3 is 30.1 Å². The second-order valence-corrected chi connectivity index (χ2v) is 7.44. The van der Waals surface area contributed by atoms with E-state index in [9.17, 15) is 24.9 Å². The molecule has 6 rings (SSSR count). The van der Waals surface area contributed by atoms with Gasteiger partial charge >= 0.3 is 0 Å². The number of ether oxygens (including phenoxy) is 2. The molecule has 0 radical (unpaired) electrons. The highest BCUT2D eigenvalue weighted by Crippen LogP contribution is 2.40. The number of aromatic hydroxyl groups is 2. The lowest BCUT2D eigenvalue weighted by molar-refractivity contribution is -0.248. The van der Waals surface area contributed by atoms with Crippen molar-refractivity contribution in [3.8, 4) is 11.5 Å². The van der Waals surface area contributed by atoms with E-state index in [1.54, 1.807) is 6.92 Å². The van der Waals surface area contributed by atoms with E-state index in [0.717, 1.165) is 0 Å². The number of nitrogens with one attached hydrogen (secondary N) is 1. The van der Waals surface area contributed by atoms with Crippen molar-refractivity contribution in [3.63, 3.8) is 0 Å². The van der Waals surface area contributed by atoms with Gasteiger partial charge in [0.25, 0.3) is 0 Å². The predicted molar refractivity (Wildman–Crippen MR) is 98.6 cm³/mol. The number of benzene rings is 2. The van der Waals surface area contributed by atoms with Gasteiger partial charge in [-0.3, -0.25) is 9.59 Å².